The van der Waals surface area contributed by atoms with Crippen molar-refractivity contribution in [3.8, 4) is 11.5 Å². The van der Waals surface area contributed by atoms with Gasteiger partial charge in [0, 0.05) is 29.9 Å². The molecule has 32 heavy (non-hydrogen) atoms. The molecule has 12 heteroatoms. The Labute approximate surface area is 192 Å². The van der Waals surface area contributed by atoms with E-state index in [-0.39, 0.29) is 28.2 Å². The molecule has 0 aromatic carbocycles. The second-order valence-corrected chi connectivity index (χ2v) is 8.92. The van der Waals surface area contributed by atoms with Gasteiger partial charge in [-0.15, -0.1) is 21.5 Å². The number of aromatic nitrogens is 4. The van der Waals surface area contributed by atoms with E-state index in [1.165, 1.54) is 11.3 Å². The van der Waals surface area contributed by atoms with E-state index in [0.29, 0.717) is 22.0 Å². The van der Waals surface area contributed by atoms with Crippen LogP contribution < -0.4 is 0 Å². The van der Waals surface area contributed by atoms with E-state index < -0.39 is 11.7 Å². The molecule has 0 atom stereocenters. The molecule has 4 aromatic rings. The van der Waals surface area contributed by atoms with Crippen molar-refractivity contribution in [2.24, 2.45) is 0 Å². The maximum Gasteiger partial charge on any atom is 0.417 e. The fourth-order valence-electron chi connectivity index (χ4n) is 2.61. The molecule has 4 heterocycles. The summed E-state index contributed by atoms with van der Waals surface area (Å²) in [5.74, 6) is 0.264. The van der Waals surface area contributed by atoms with Crippen LogP contribution in [0, 0.1) is 0 Å². The molecule has 0 spiro atoms. The van der Waals surface area contributed by atoms with Gasteiger partial charge in [0.05, 0.1) is 32.5 Å². The van der Waals surface area contributed by atoms with Crippen LogP contribution in [-0.4, -0.2) is 31.7 Å². The molecule has 4 rings (SSSR count). The van der Waals surface area contributed by atoms with Gasteiger partial charge in [-0.3, -0.25) is 14.8 Å². The first kappa shape index (κ1) is 22.4. The molecule has 0 aliphatic heterocycles. The Morgan fingerprint density at radius 3 is 2.75 bits per heavy atom. The van der Waals surface area contributed by atoms with Crippen molar-refractivity contribution in [3.05, 3.63) is 75.0 Å². The van der Waals surface area contributed by atoms with E-state index in [1.807, 2.05) is 0 Å². The Hall–Kier alpha value is -2.76. The van der Waals surface area contributed by atoms with Crippen molar-refractivity contribution in [1.82, 2.24) is 20.2 Å². The van der Waals surface area contributed by atoms with Crippen molar-refractivity contribution in [2.45, 2.75) is 17.8 Å². The van der Waals surface area contributed by atoms with Crippen LogP contribution in [0.15, 0.2) is 58.6 Å². The van der Waals surface area contributed by atoms with Crippen LogP contribution in [0.25, 0.3) is 11.5 Å². The third kappa shape index (κ3) is 5.34. The van der Waals surface area contributed by atoms with Crippen molar-refractivity contribution < 1.29 is 22.4 Å². The summed E-state index contributed by atoms with van der Waals surface area (Å²) in [4.78, 5) is 21.6. The third-order valence-corrected chi connectivity index (χ3v) is 6.44. The van der Waals surface area contributed by atoms with Gasteiger partial charge < -0.3 is 4.42 Å². The van der Waals surface area contributed by atoms with E-state index in [9.17, 15) is 18.0 Å². The molecule has 0 saturated carbocycles. The molecule has 4 aromatic heterocycles. The lowest BCUT2D eigenvalue weighted by Crippen LogP contribution is -2.06. The number of ketones is 1. The first-order chi connectivity index (χ1) is 15.3. The third-order valence-electron chi connectivity index (χ3n) is 4.16. The maximum atomic E-state index is 12.7. The molecule has 0 N–H and O–H groups in total. The number of hydrogen-bond donors (Lipinski definition) is 0. The van der Waals surface area contributed by atoms with Gasteiger partial charge in [-0.1, -0.05) is 23.4 Å². The second kappa shape index (κ2) is 9.39. The zero-order valence-electron chi connectivity index (χ0n) is 16.0. The Morgan fingerprint density at radius 1 is 1.19 bits per heavy atom. The lowest BCUT2D eigenvalue weighted by Gasteiger charge is -2.08. The fourth-order valence-corrected chi connectivity index (χ4v) is 4.53. The van der Waals surface area contributed by atoms with Gasteiger partial charge in [-0.25, -0.2) is 0 Å². The summed E-state index contributed by atoms with van der Waals surface area (Å²) in [5, 5.41) is 8.05. The van der Waals surface area contributed by atoms with Crippen LogP contribution in [0.4, 0.5) is 13.2 Å². The average molecular weight is 497 g/mol. The van der Waals surface area contributed by atoms with E-state index in [4.69, 9.17) is 16.0 Å². The summed E-state index contributed by atoms with van der Waals surface area (Å²) < 4.78 is 43.8. The summed E-state index contributed by atoms with van der Waals surface area (Å²) >= 11 is 8.31. The standard InChI is InChI=1S/C20H12ClF3N4O2S2/c21-14-6-12(20(22,23)24)9-26-15(14)7-13-3-4-17(32-13)16(29)10-31-19-28-27-18(30-19)11-2-1-5-25-8-11/h1-6,8-9H,7,10H2. The van der Waals surface area contributed by atoms with Crippen molar-refractivity contribution in [1.29, 1.82) is 0 Å². The Morgan fingerprint density at radius 2 is 2.03 bits per heavy atom. The van der Waals surface area contributed by atoms with Crippen LogP contribution in [0.1, 0.15) is 25.8 Å². The molecule has 6 nitrogen and oxygen atoms in total. The quantitative estimate of drug-likeness (QED) is 0.235. The van der Waals surface area contributed by atoms with Gasteiger partial charge in [0.1, 0.15) is 0 Å². The predicted molar refractivity (Wildman–Crippen MR) is 114 cm³/mol. The fraction of sp³-hybridized carbons (Fsp3) is 0.150. The van der Waals surface area contributed by atoms with Gasteiger partial charge in [0.2, 0.25) is 5.89 Å². The monoisotopic (exact) mass is 496 g/mol. The lowest BCUT2D eigenvalue weighted by molar-refractivity contribution is -0.137. The number of Topliss-reactive ketones (excluding diaryl/α,β-unsaturated/α-hetero) is 1. The highest BCUT2D eigenvalue weighted by molar-refractivity contribution is 7.99. The minimum absolute atomic E-state index is 0.0718. The highest BCUT2D eigenvalue weighted by atomic mass is 35.5. The molecule has 0 bridgehead atoms. The highest BCUT2D eigenvalue weighted by Crippen LogP contribution is 2.32. The topological polar surface area (TPSA) is 81.8 Å². The van der Waals surface area contributed by atoms with Gasteiger partial charge in [0.15, 0.2) is 5.78 Å². The van der Waals surface area contributed by atoms with Crippen LogP contribution in [0.5, 0.6) is 0 Å². The zero-order valence-corrected chi connectivity index (χ0v) is 18.4. The molecule has 0 fully saturated rings. The number of alkyl halides is 3. The SMILES string of the molecule is O=C(CSc1nnc(-c2cccnc2)o1)c1ccc(Cc2ncc(C(F)(F)F)cc2Cl)s1. The average Bonchev–Trinajstić information content (AvgIpc) is 3.43. The number of hydrogen-bond acceptors (Lipinski definition) is 8. The largest absolute Gasteiger partial charge is 0.417 e. The molecule has 0 radical (unpaired) electrons. The predicted octanol–water partition coefficient (Wildman–Crippen LogP) is 5.83. The molecular weight excluding hydrogens is 485 g/mol. The van der Waals surface area contributed by atoms with Crippen molar-refractivity contribution in [3.63, 3.8) is 0 Å². The molecule has 0 unspecified atom stereocenters. The lowest BCUT2D eigenvalue weighted by atomic mass is 10.2. The maximum absolute atomic E-state index is 12.7. The number of carbonyl (C=O) groups is 1. The van der Waals surface area contributed by atoms with E-state index in [2.05, 4.69) is 20.2 Å². The summed E-state index contributed by atoms with van der Waals surface area (Å²) in [6, 6.07) is 7.77. The van der Waals surface area contributed by atoms with Gasteiger partial charge in [-0.2, -0.15) is 13.2 Å². The molecule has 0 amide bonds. The van der Waals surface area contributed by atoms with Crippen LogP contribution in [-0.2, 0) is 12.6 Å². The first-order valence-corrected chi connectivity index (χ1v) is 11.2. The minimum Gasteiger partial charge on any atom is -0.411 e. The first-order valence-electron chi connectivity index (χ1n) is 9.00. The van der Waals surface area contributed by atoms with Crippen molar-refractivity contribution >= 4 is 40.5 Å². The zero-order chi connectivity index (χ0) is 22.7. The number of rotatable bonds is 7. The van der Waals surface area contributed by atoms with Crippen LogP contribution in [0.2, 0.25) is 5.02 Å². The van der Waals surface area contributed by atoms with E-state index in [0.717, 1.165) is 28.9 Å². The second-order valence-electron chi connectivity index (χ2n) is 6.42. The number of halogens is 4. The summed E-state index contributed by atoms with van der Waals surface area (Å²) in [6.07, 6.45) is -0.308. The molecule has 0 aliphatic carbocycles. The summed E-state index contributed by atoms with van der Waals surface area (Å²) in [5.41, 5.74) is 0.0818. The molecule has 0 aliphatic rings. The summed E-state index contributed by atoms with van der Waals surface area (Å²) in [7, 11) is 0. The number of pyridine rings is 2. The minimum atomic E-state index is -4.51. The number of thioether (sulfide) groups is 1. The molecular formula is C20H12ClF3N4O2S2. The van der Waals surface area contributed by atoms with Crippen LogP contribution in [0.3, 0.4) is 0 Å². The number of nitrogens with zero attached hydrogens (tertiary/aromatic N) is 4. The number of carbonyl (C=O) groups excluding carboxylic acids is 1. The Kier molecular flexibility index (Phi) is 6.58. The van der Waals surface area contributed by atoms with Crippen LogP contribution >= 0.6 is 34.7 Å². The molecule has 164 valence electrons. The highest BCUT2D eigenvalue weighted by Gasteiger charge is 2.31. The Bertz CT molecular complexity index is 1250. The van der Waals surface area contributed by atoms with E-state index >= 15 is 0 Å². The van der Waals surface area contributed by atoms with E-state index in [1.54, 1.807) is 36.7 Å². The molecule has 0 saturated heterocycles. The van der Waals surface area contributed by atoms with Gasteiger partial charge in [0.25, 0.3) is 5.22 Å². The van der Waals surface area contributed by atoms with Crippen molar-refractivity contribution in [2.75, 3.05) is 5.75 Å². The smallest absolute Gasteiger partial charge is 0.411 e. The Balaban J connectivity index is 1.37. The summed E-state index contributed by atoms with van der Waals surface area (Å²) in [6.45, 7) is 0. The number of thiophene rings is 1. The normalized spacial score (nSPS) is 11.6. The van der Waals surface area contributed by atoms with Gasteiger partial charge in [-0.05, 0) is 30.3 Å². The van der Waals surface area contributed by atoms with Gasteiger partial charge >= 0.3 is 6.18 Å².